The van der Waals surface area contributed by atoms with Crippen molar-refractivity contribution in [2.24, 2.45) is 0 Å². The third-order valence-electron chi connectivity index (χ3n) is 8.42. The van der Waals surface area contributed by atoms with E-state index in [-0.39, 0.29) is 23.2 Å². The van der Waals surface area contributed by atoms with Crippen LogP contribution in [-0.4, -0.2) is 28.2 Å². The van der Waals surface area contributed by atoms with E-state index in [0.717, 1.165) is 37.7 Å². The van der Waals surface area contributed by atoms with E-state index in [1.54, 1.807) is 11.8 Å². The quantitative estimate of drug-likeness (QED) is 0.163. The molecular formula is C40H30N4O2S3. The zero-order valence-corrected chi connectivity index (χ0v) is 28.6. The topological polar surface area (TPSA) is 74.3 Å². The first-order chi connectivity index (χ1) is 24.1. The van der Waals surface area contributed by atoms with E-state index in [9.17, 15) is 9.59 Å². The van der Waals surface area contributed by atoms with Crippen LogP contribution < -0.4 is 15.5 Å². The normalized spacial score (nSPS) is 16.9. The third kappa shape index (κ3) is 6.65. The van der Waals surface area contributed by atoms with Crippen LogP contribution in [0, 0.1) is 0 Å². The molecule has 1 aromatic heterocycles. The maximum absolute atomic E-state index is 13.9. The summed E-state index contributed by atoms with van der Waals surface area (Å²) in [6.07, 6.45) is 8.26. The molecule has 1 aliphatic heterocycles. The lowest BCUT2D eigenvalue weighted by molar-refractivity contribution is -0.115. The van der Waals surface area contributed by atoms with Gasteiger partial charge in [-0.1, -0.05) is 109 Å². The lowest BCUT2D eigenvalue weighted by Crippen LogP contribution is -2.49. The molecule has 5 aromatic carbocycles. The first kappa shape index (κ1) is 31.2. The molecule has 8 rings (SSSR count). The Morgan fingerprint density at radius 1 is 0.776 bits per heavy atom. The fourth-order valence-electron chi connectivity index (χ4n) is 6.08. The average molecular weight is 695 g/mol. The Morgan fingerprint density at radius 3 is 2.47 bits per heavy atom. The van der Waals surface area contributed by atoms with Crippen molar-refractivity contribution in [3.63, 3.8) is 0 Å². The molecule has 49 heavy (non-hydrogen) atoms. The second kappa shape index (κ2) is 13.8. The maximum atomic E-state index is 13.9. The Balaban J connectivity index is 1.01. The molecule has 0 bridgehead atoms. The highest BCUT2D eigenvalue weighted by Gasteiger charge is 2.36. The summed E-state index contributed by atoms with van der Waals surface area (Å²) < 4.78 is 0. The van der Waals surface area contributed by atoms with Gasteiger partial charge in [0.2, 0.25) is 5.91 Å². The number of aromatic nitrogens is 1. The smallest absolute Gasteiger partial charge is 0.307 e. The number of nitrogens with one attached hydrogen (secondary N) is 2. The van der Waals surface area contributed by atoms with Crippen LogP contribution in [-0.2, 0) is 4.79 Å². The summed E-state index contributed by atoms with van der Waals surface area (Å²) in [5.41, 5.74) is 4.24. The van der Waals surface area contributed by atoms with Crippen molar-refractivity contribution in [3.8, 4) is 11.3 Å². The molecule has 6 nitrogen and oxygen atoms in total. The molecule has 0 fully saturated rings. The van der Waals surface area contributed by atoms with Crippen molar-refractivity contribution >= 4 is 74.1 Å². The molecule has 0 saturated carbocycles. The molecule has 2 N–H and O–H groups in total. The van der Waals surface area contributed by atoms with Crippen LogP contribution in [0.25, 0.3) is 22.0 Å². The van der Waals surface area contributed by atoms with Crippen molar-refractivity contribution in [3.05, 3.63) is 157 Å². The highest BCUT2D eigenvalue weighted by molar-refractivity contribution is 8.00. The Kier molecular flexibility index (Phi) is 8.78. The molecule has 0 saturated heterocycles. The fourth-order valence-corrected chi connectivity index (χ4v) is 9.14. The first-order valence-electron chi connectivity index (χ1n) is 15.9. The van der Waals surface area contributed by atoms with Gasteiger partial charge in [0, 0.05) is 26.4 Å². The van der Waals surface area contributed by atoms with E-state index in [2.05, 4.69) is 59.2 Å². The summed E-state index contributed by atoms with van der Waals surface area (Å²) >= 11 is 4.62. The molecule has 2 aliphatic rings. The van der Waals surface area contributed by atoms with Crippen LogP contribution >= 0.6 is 34.9 Å². The number of amides is 3. The first-order valence-corrected chi connectivity index (χ1v) is 18.5. The Morgan fingerprint density at radius 2 is 1.57 bits per heavy atom. The van der Waals surface area contributed by atoms with Crippen LogP contribution in [0.15, 0.2) is 161 Å². The number of carbonyl (C=O) groups excluding carboxylic acids is 2. The SMILES string of the molecule is O=C(Nc1nc(-c2ccc3ccccc3c2)cs1)C(Sc1cccc(NC(=O)N2c3ccccc3SC3C=CC=CC32)c1)c1ccccc1. The Hall–Kier alpha value is -5.09. The minimum absolute atomic E-state index is 0.0961. The summed E-state index contributed by atoms with van der Waals surface area (Å²) in [6, 6.07) is 39.6. The van der Waals surface area contributed by atoms with Crippen molar-refractivity contribution in [1.29, 1.82) is 0 Å². The second-order valence-corrected chi connectivity index (χ2v) is 14.9. The number of fused-ring (bicyclic) bond motifs is 3. The number of urea groups is 1. The highest BCUT2D eigenvalue weighted by Crippen LogP contribution is 2.44. The minimum atomic E-state index is -0.550. The third-order valence-corrected chi connectivity index (χ3v) is 11.7. The van der Waals surface area contributed by atoms with E-state index in [1.807, 2.05) is 107 Å². The number of thioether (sulfide) groups is 2. The maximum Gasteiger partial charge on any atom is 0.326 e. The lowest BCUT2D eigenvalue weighted by Gasteiger charge is -2.40. The van der Waals surface area contributed by atoms with E-state index in [0.29, 0.717) is 10.8 Å². The number of nitrogens with zero attached hydrogens (tertiary/aromatic N) is 2. The van der Waals surface area contributed by atoms with Crippen LogP contribution in [0.1, 0.15) is 10.8 Å². The zero-order chi connectivity index (χ0) is 33.2. The van der Waals surface area contributed by atoms with Gasteiger partial charge in [-0.05, 0) is 52.7 Å². The van der Waals surface area contributed by atoms with Gasteiger partial charge in [0.25, 0.3) is 0 Å². The fraction of sp³-hybridized carbons (Fsp3) is 0.0750. The summed E-state index contributed by atoms with van der Waals surface area (Å²) in [6.45, 7) is 0. The number of carbonyl (C=O) groups is 2. The van der Waals surface area contributed by atoms with Gasteiger partial charge < -0.3 is 10.6 Å². The molecule has 6 aromatic rings. The van der Waals surface area contributed by atoms with E-state index >= 15 is 0 Å². The van der Waals surface area contributed by atoms with E-state index in [1.165, 1.54) is 28.5 Å². The summed E-state index contributed by atoms with van der Waals surface area (Å²) in [5, 5.41) is 10.6. The van der Waals surface area contributed by atoms with Gasteiger partial charge in [0.05, 0.1) is 22.7 Å². The molecule has 2 heterocycles. The van der Waals surface area contributed by atoms with Gasteiger partial charge in [-0.25, -0.2) is 9.78 Å². The van der Waals surface area contributed by atoms with Gasteiger partial charge in [-0.3, -0.25) is 9.69 Å². The summed E-state index contributed by atoms with van der Waals surface area (Å²) in [7, 11) is 0. The van der Waals surface area contributed by atoms with Crippen LogP contribution in [0.4, 0.5) is 21.3 Å². The van der Waals surface area contributed by atoms with E-state index in [4.69, 9.17) is 4.98 Å². The lowest BCUT2D eigenvalue weighted by atomic mass is 10.1. The van der Waals surface area contributed by atoms with E-state index < -0.39 is 5.25 Å². The molecule has 3 unspecified atom stereocenters. The number of rotatable bonds is 7. The molecule has 3 amide bonds. The molecule has 0 spiro atoms. The number of anilines is 3. The number of allylic oxidation sites excluding steroid dienone is 2. The predicted octanol–water partition coefficient (Wildman–Crippen LogP) is 10.4. The molecule has 0 radical (unpaired) electrons. The number of para-hydroxylation sites is 1. The zero-order valence-electron chi connectivity index (χ0n) is 26.1. The molecule has 1 aliphatic carbocycles. The van der Waals surface area contributed by atoms with Crippen molar-refractivity contribution in [2.75, 3.05) is 15.5 Å². The largest absolute Gasteiger partial charge is 0.326 e. The predicted molar refractivity (Wildman–Crippen MR) is 205 cm³/mol. The second-order valence-electron chi connectivity index (χ2n) is 11.6. The Bertz CT molecular complexity index is 2230. The summed E-state index contributed by atoms with van der Waals surface area (Å²) in [5.74, 6) is -0.171. The van der Waals surface area contributed by atoms with Crippen molar-refractivity contribution in [1.82, 2.24) is 4.98 Å². The van der Waals surface area contributed by atoms with Crippen LogP contribution in [0.2, 0.25) is 0 Å². The summed E-state index contributed by atoms with van der Waals surface area (Å²) in [4.78, 5) is 36.3. The standard InChI is InChI=1S/C40H30N4O2S3/c45-38(43-39-42-32(25-47-39)29-22-21-26-11-4-5-14-28(26)23-29)37(27-12-2-1-3-13-27)48-31-16-10-15-30(24-31)41-40(46)44-33-17-6-8-19-35(33)49-36-20-9-7-18-34(36)44/h1-25,33,35,37H,(H,41,46)(H,42,43,45). The molecular weight excluding hydrogens is 665 g/mol. The number of hydrogen-bond donors (Lipinski definition) is 2. The molecule has 9 heteroatoms. The monoisotopic (exact) mass is 694 g/mol. The van der Waals surface area contributed by atoms with Crippen LogP contribution in [0.5, 0.6) is 0 Å². The number of thiazole rings is 1. The minimum Gasteiger partial charge on any atom is -0.307 e. The number of benzene rings is 5. The highest BCUT2D eigenvalue weighted by atomic mass is 32.2. The van der Waals surface area contributed by atoms with Gasteiger partial charge >= 0.3 is 6.03 Å². The van der Waals surface area contributed by atoms with Crippen molar-refractivity contribution in [2.45, 2.75) is 26.3 Å². The molecule has 3 atom stereocenters. The van der Waals surface area contributed by atoms with Crippen LogP contribution in [0.3, 0.4) is 0 Å². The van der Waals surface area contributed by atoms with Gasteiger partial charge in [0.15, 0.2) is 5.13 Å². The van der Waals surface area contributed by atoms with Gasteiger partial charge in [0.1, 0.15) is 5.25 Å². The number of hydrogen-bond acceptors (Lipinski definition) is 6. The Labute approximate surface area is 297 Å². The van der Waals surface area contributed by atoms with Gasteiger partial charge in [-0.2, -0.15) is 0 Å². The molecule has 240 valence electrons. The van der Waals surface area contributed by atoms with Crippen molar-refractivity contribution < 1.29 is 9.59 Å². The average Bonchev–Trinajstić information content (AvgIpc) is 3.61. The van der Waals surface area contributed by atoms with Gasteiger partial charge in [-0.15, -0.1) is 34.9 Å².